The summed E-state index contributed by atoms with van der Waals surface area (Å²) in [6.45, 7) is 9.20. The van der Waals surface area contributed by atoms with E-state index in [1.165, 1.54) is 11.5 Å². The monoisotopic (exact) mass is 269 g/mol. The molecule has 0 unspecified atom stereocenters. The van der Waals surface area contributed by atoms with Crippen LogP contribution in [0.25, 0.3) is 0 Å². The summed E-state index contributed by atoms with van der Waals surface area (Å²) >= 11 is 1.35. The highest BCUT2D eigenvalue weighted by atomic mass is 32.1. The zero-order valence-electron chi connectivity index (χ0n) is 11.9. The lowest BCUT2D eigenvalue weighted by atomic mass is 9.81. The smallest absolute Gasteiger partial charge is 0.322 e. The Morgan fingerprint density at radius 3 is 2.56 bits per heavy atom. The van der Waals surface area contributed by atoms with Gasteiger partial charge in [-0.2, -0.15) is 4.37 Å². The summed E-state index contributed by atoms with van der Waals surface area (Å²) in [7, 11) is 1.78. The number of rotatable bonds is 5. The van der Waals surface area contributed by atoms with Gasteiger partial charge in [0.1, 0.15) is 5.00 Å². The van der Waals surface area contributed by atoms with Crippen LogP contribution in [0.15, 0.2) is 6.07 Å². The van der Waals surface area contributed by atoms with Crippen molar-refractivity contribution in [3.05, 3.63) is 11.8 Å². The molecule has 2 amide bonds. The van der Waals surface area contributed by atoms with Crippen LogP contribution in [0.5, 0.6) is 0 Å². The summed E-state index contributed by atoms with van der Waals surface area (Å²) in [6.07, 6.45) is 2.10. The van der Waals surface area contributed by atoms with Crippen LogP contribution < -0.4 is 5.32 Å². The fraction of sp³-hybridized carbons (Fsp3) is 0.692. The molecule has 1 N–H and O–H groups in total. The van der Waals surface area contributed by atoms with E-state index < -0.39 is 0 Å². The predicted octanol–water partition coefficient (Wildman–Crippen LogP) is 3.70. The molecule has 0 bridgehead atoms. The van der Waals surface area contributed by atoms with Gasteiger partial charge in [-0.15, -0.1) is 0 Å². The van der Waals surface area contributed by atoms with Crippen molar-refractivity contribution < 1.29 is 4.79 Å². The highest BCUT2D eigenvalue weighted by molar-refractivity contribution is 7.10. The van der Waals surface area contributed by atoms with Gasteiger partial charge in [-0.1, -0.05) is 20.8 Å². The summed E-state index contributed by atoms with van der Waals surface area (Å²) in [6, 6.07) is 1.92. The Morgan fingerprint density at radius 2 is 2.06 bits per heavy atom. The maximum atomic E-state index is 11.7. The number of hydrogen-bond donors (Lipinski definition) is 1. The molecule has 0 radical (unpaired) electrons. The topological polar surface area (TPSA) is 45.2 Å². The lowest BCUT2D eigenvalue weighted by Crippen LogP contribution is -2.30. The third-order valence-electron chi connectivity index (χ3n) is 3.74. The first kappa shape index (κ1) is 15.0. The van der Waals surface area contributed by atoms with Crippen molar-refractivity contribution in [3.63, 3.8) is 0 Å². The molecule has 0 saturated heterocycles. The van der Waals surface area contributed by atoms with Crippen molar-refractivity contribution in [2.75, 3.05) is 18.9 Å². The van der Waals surface area contributed by atoms with Gasteiger partial charge in [0.15, 0.2) is 0 Å². The molecule has 0 atom stereocenters. The van der Waals surface area contributed by atoms with Crippen molar-refractivity contribution in [2.45, 2.75) is 46.0 Å². The first-order chi connectivity index (χ1) is 8.46. The number of amides is 2. The minimum absolute atomic E-state index is 0.0811. The standard InChI is InChI=1S/C13H23N3OS/c1-6-13(4,7-2)10-9-11(18-15-10)14-12(17)16(5)8-3/h9H,6-8H2,1-5H3,(H,14,17). The van der Waals surface area contributed by atoms with E-state index in [0.717, 1.165) is 23.5 Å². The maximum absolute atomic E-state index is 11.7. The fourth-order valence-corrected chi connectivity index (χ4v) is 2.34. The van der Waals surface area contributed by atoms with E-state index in [-0.39, 0.29) is 11.4 Å². The number of hydrogen-bond acceptors (Lipinski definition) is 3. The molecule has 1 heterocycles. The van der Waals surface area contributed by atoms with Gasteiger partial charge >= 0.3 is 6.03 Å². The second-order valence-electron chi connectivity index (χ2n) is 4.79. The molecule has 1 aromatic rings. The number of anilines is 1. The van der Waals surface area contributed by atoms with E-state index in [2.05, 4.69) is 30.5 Å². The highest BCUT2D eigenvalue weighted by Crippen LogP contribution is 2.33. The molecule has 1 aromatic heterocycles. The molecule has 0 spiro atoms. The zero-order chi connectivity index (χ0) is 13.8. The van der Waals surface area contributed by atoms with Crippen molar-refractivity contribution in [2.24, 2.45) is 0 Å². The normalized spacial score (nSPS) is 11.4. The van der Waals surface area contributed by atoms with E-state index in [9.17, 15) is 4.79 Å². The second-order valence-corrected chi connectivity index (χ2v) is 5.59. The number of nitrogens with zero attached hydrogens (tertiary/aromatic N) is 2. The van der Waals surface area contributed by atoms with Gasteiger partial charge in [-0.05, 0) is 37.4 Å². The van der Waals surface area contributed by atoms with Gasteiger partial charge in [0.05, 0.1) is 5.69 Å². The molecule has 18 heavy (non-hydrogen) atoms. The van der Waals surface area contributed by atoms with E-state index >= 15 is 0 Å². The minimum Gasteiger partial charge on any atom is -0.328 e. The average molecular weight is 269 g/mol. The summed E-state index contributed by atoms with van der Waals surface area (Å²) < 4.78 is 4.48. The van der Waals surface area contributed by atoms with E-state index in [4.69, 9.17) is 0 Å². The number of carbonyl (C=O) groups excluding carboxylic acids is 1. The minimum atomic E-state index is -0.0811. The van der Waals surface area contributed by atoms with Crippen LogP contribution in [0, 0.1) is 0 Å². The molecular formula is C13H23N3OS. The Bertz CT molecular complexity index is 399. The van der Waals surface area contributed by atoms with Gasteiger partial charge in [0.25, 0.3) is 0 Å². The summed E-state index contributed by atoms with van der Waals surface area (Å²) in [5.74, 6) is 0. The van der Waals surface area contributed by atoms with Crippen LogP contribution in [-0.4, -0.2) is 28.9 Å². The predicted molar refractivity (Wildman–Crippen MR) is 77.4 cm³/mol. The molecule has 1 rings (SSSR count). The lowest BCUT2D eigenvalue weighted by Gasteiger charge is -2.23. The van der Waals surface area contributed by atoms with Crippen LogP contribution >= 0.6 is 11.5 Å². The Hall–Kier alpha value is -1.10. The number of carbonyl (C=O) groups is 1. The van der Waals surface area contributed by atoms with Crippen molar-refractivity contribution in [1.82, 2.24) is 9.27 Å². The molecular weight excluding hydrogens is 246 g/mol. The lowest BCUT2D eigenvalue weighted by molar-refractivity contribution is 0.225. The second kappa shape index (κ2) is 6.18. The summed E-state index contributed by atoms with van der Waals surface area (Å²) in [4.78, 5) is 13.4. The fourth-order valence-electron chi connectivity index (χ4n) is 1.58. The Balaban J connectivity index is 2.78. The van der Waals surface area contributed by atoms with E-state index in [1.807, 2.05) is 13.0 Å². The third kappa shape index (κ3) is 3.22. The Labute approximate surface area is 114 Å². The highest BCUT2D eigenvalue weighted by Gasteiger charge is 2.25. The SMILES string of the molecule is CCN(C)C(=O)Nc1cc(C(C)(CC)CC)ns1. The van der Waals surface area contributed by atoms with Crippen LogP contribution in [0.1, 0.15) is 46.2 Å². The summed E-state index contributed by atoms with van der Waals surface area (Å²) in [5.41, 5.74) is 1.18. The molecule has 102 valence electrons. The van der Waals surface area contributed by atoms with Crippen LogP contribution in [0.4, 0.5) is 9.80 Å². The molecule has 0 aliphatic carbocycles. The van der Waals surface area contributed by atoms with Crippen molar-refractivity contribution in [1.29, 1.82) is 0 Å². The molecule has 0 aliphatic heterocycles. The zero-order valence-corrected chi connectivity index (χ0v) is 12.7. The summed E-state index contributed by atoms with van der Waals surface area (Å²) in [5, 5.41) is 3.70. The quantitative estimate of drug-likeness (QED) is 0.885. The molecule has 0 saturated carbocycles. The van der Waals surface area contributed by atoms with Crippen molar-refractivity contribution >= 4 is 22.6 Å². The van der Waals surface area contributed by atoms with E-state index in [0.29, 0.717) is 6.54 Å². The molecule has 4 nitrogen and oxygen atoms in total. The van der Waals surface area contributed by atoms with Gasteiger partial charge in [-0.25, -0.2) is 4.79 Å². The third-order valence-corrected chi connectivity index (χ3v) is 4.44. The molecule has 0 aromatic carbocycles. The average Bonchev–Trinajstić information content (AvgIpc) is 2.85. The molecule has 5 heteroatoms. The van der Waals surface area contributed by atoms with Crippen LogP contribution in [0.3, 0.4) is 0 Å². The first-order valence-electron chi connectivity index (χ1n) is 6.46. The molecule has 0 fully saturated rings. The first-order valence-corrected chi connectivity index (χ1v) is 7.23. The number of nitrogens with one attached hydrogen (secondary N) is 1. The van der Waals surface area contributed by atoms with E-state index in [1.54, 1.807) is 11.9 Å². The largest absolute Gasteiger partial charge is 0.328 e. The number of aromatic nitrogens is 1. The molecule has 0 aliphatic rings. The van der Waals surface area contributed by atoms with Gasteiger partial charge in [0.2, 0.25) is 0 Å². The Kier molecular flexibility index (Phi) is 5.14. The maximum Gasteiger partial charge on any atom is 0.322 e. The van der Waals surface area contributed by atoms with Gasteiger partial charge in [-0.3, -0.25) is 5.32 Å². The van der Waals surface area contributed by atoms with Crippen molar-refractivity contribution in [3.8, 4) is 0 Å². The Morgan fingerprint density at radius 1 is 1.44 bits per heavy atom. The van der Waals surface area contributed by atoms with Crippen LogP contribution in [0.2, 0.25) is 0 Å². The van der Waals surface area contributed by atoms with Crippen LogP contribution in [-0.2, 0) is 5.41 Å². The number of urea groups is 1. The van der Waals surface area contributed by atoms with Gasteiger partial charge < -0.3 is 4.90 Å². The van der Waals surface area contributed by atoms with Gasteiger partial charge in [0, 0.05) is 19.0 Å².